The molecule has 1 N–H and O–H groups in total. The van der Waals surface area contributed by atoms with Crippen molar-refractivity contribution < 1.29 is 9.18 Å². The number of hydrogen-bond donors (Lipinski definition) is 1. The second-order valence-electron chi connectivity index (χ2n) is 5.32. The molecule has 0 radical (unpaired) electrons. The zero-order valence-electron chi connectivity index (χ0n) is 13.4. The number of hydrogen-bond acceptors (Lipinski definition) is 4. The van der Waals surface area contributed by atoms with Gasteiger partial charge in [-0.15, -0.1) is 5.10 Å². The second kappa shape index (κ2) is 8.43. The van der Waals surface area contributed by atoms with Gasteiger partial charge in [-0.25, -0.2) is 14.1 Å². The van der Waals surface area contributed by atoms with Crippen LogP contribution in [0.1, 0.15) is 5.56 Å². The first-order valence-corrected chi connectivity index (χ1v) is 8.80. The Balaban J connectivity index is 1.42. The average Bonchev–Trinajstić information content (AvgIpc) is 3.11. The van der Waals surface area contributed by atoms with Gasteiger partial charge >= 0.3 is 0 Å². The predicted molar refractivity (Wildman–Crippen MR) is 95.2 cm³/mol. The molecule has 0 saturated carbocycles. The van der Waals surface area contributed by atoms with Crippen LogP contribution in [0.15, 0.2) is 66.1 Å². The number of rotatable bonds is 7. The lowest BCUT2D eigenvalue weighted by molar-refractivity contribution is -0.118. The van der Waals surface area contributed by atoms with Gasteiger partial charge < -0.3 is 5.32 Å². The third-order valence-corrected chi connectivity index (χ3v) is 4.32. The van der Waals surface area contributed by atoms with Crippen molar-refractivity contribution >= 4 is 17.7 Å². The number of benzene rings is 2. The van der Waals surface area contributed by atoms with Crippen LogP contribution in [-0.2, 0) is 11.2 Å². The lowest BCUT2D eigenvalue weighted by Crippen LogP contribution is -2.27. The van der Waals surface area contributed by atoms with Crippen molar-refractivity contribution in [3.05, 3.63) is 72.3 Å². The third-order valence-electron chi connectivity index (χ3n) is 3.47. The van der Waals surface area contributed by atoms with Crippen molar-refractivity contribution in [3.8, 4) is 5.69 Å². The molecule has 25 heavy (non-hydrogen) atoms. The molecule has 5 nitrogen and oxygen atoms in total. The molecular formula is C18H17FN4OS. The lowest BCUT2D eigenvalue weighted by atomic mass is 10.1. The maximum absolute atomic E-state index is 12.8. The standard InChI is InChI=1S/C18H17FN4OS/c19-15-8-6-14(7-9-15)10-11-20-17(24)12-25-18-21-13-23(22-18)16-4-2-1-3-5-16/h1-9,13H,10-12H2,(H,20,24). The van der Waals surface area contributed by atoms with Gasteiger partial charge in [0.25, 0.3) is 0 Å². The molecule has 7 heteroatoms. The Kier molecular flexibility index (Phi) is 5.79. The molecule has 128 valence electrons. The first kappa shape index (κ1) is 17.2. The molecule has 0 aliphatic heterocycles. The smallest absolute Gasteiger partial charge is 0.230 e. The zero-order chi connectivity index (χ0) is 17.5. The molecule has 0 aliphatic rings. The largest absolute Gasteiger partial charge is 0.355 e. The average molecular weight is 356 g/mol. The topological polar surface area (TPSA) is 59.8 Å². The summed E-state index contributed by atoms with van der Waals surface area (Å²) in [5, 5.41) is 7.73. The molecule has 3 rings (SSSR count). The molecule has 0 spiro atoms. The Labute approximate surface area is 149 Å². The highest BCUT2D eigenvalue weighted by Crippen LogP contribution is 2.13. The number of para-hydroxylation sites is 1. The molecule has 1 amide bonds. The first-order chi connectivity index (χ1) is 12.2. The van der Waals surface area contributed by atoms with Crippen molar-refractivity contribution in [2.45, 2.75) is 11.6 Å². The number of halogens is 1. The molecule has 0 unspecified atom stereocenters. The van der Waals surface area contributed by atoms with Crippen LogP contribution in [0.5, 0.6) is 0 Å². The fourth-order valence-corrected chi connectivity index (χ4v) is 2.83. The minimum Gasteiger partial charge on any atom is -0.355 e. The van der Waals surface area contributed by atoms with E-state index in [0.29, 0.717) is 18.1 Å². The van der Waals surface area contributed by atoms with Crippen LogP contribution >= 0.6 is 11.8 Å². The van der Waals surface area contributed by atoms with Crippen molar-refractivity contribution in [2.24, 2.45) is 0 Å². The van der Waals surface area contributed by atoms with E-state index in [9.17, 15) is 9.18 Å². The molecule has 0 atom stereocenters. The van der Waals surface area contributed by atoms with E-state index in [2.05, 4.69) is 15.4 Å². The molecular weight excluding hydrogens is 339 g/mol. The molecule has 0 fully saturated rings. The van der Waals surface area contributed by atoms with Crippen molar-refractivity contribution in [3.63, 3.8) is 0 Å². The SMILES string of the molecule is O=C(CSc1ncn(-c2ccccc2)n1)NCCc1ccc(F)cc1. The van der Waals surface area contributed by atoms with Crippen LogP contribution in [0, 0.1) is 5.82 Å². The van der Waals surface area contributed by atoms with Crippen molar-refractivity contribution in [1.82, 2.24) is 20.1 Å². The van der Waals surface area contributed by atoms with Gasteiger partial charge in [-0.1, -0.05) is 42.1 Å². The third kappa shape index (κ3) is 5.15. The number of amides is 1. The van der Waals surface area contributed by atoms with Crippen LogP contribution in [0.25, 0.3) is 5.69 Å². The van der Waals surface area contributed by atoms with Crippen molar-refractivity contribution in [2.75, 3.05) is 12.3 Å². The summed E-state index contributed by atoms with van der Waals surface area (Å²) in [5.41, 5.74) is 1.91. The summed E-state index contributed by atoms with van der Waals surface area (Å²) in [4.78, 5) is 16.1. The monoisotopic (exact) mass is 356 g/mol. The Morgan fingerprint density at radius 1 is 1.12 bits per heavy atom. The minimum absolute atomic E-state index is 0.0804. The molecule has 1 heterocycles. The van der Waals surface area contributed by atoms with Gasteiger partial charge in [-0.3, -0.25) is 4.79 Å². The van der Waals surface area contributed by atoms with E-state index in [1.165, 1.54) is 23.9 Å². The van der Waals surface area contributed by atoms with E-state index < -0.39 is 0 Å². The van der Waals surface area contributed by atoms with E-state index in [4.69, 9.17) is 0 Å². The molecule has 0 aliphatic carbocycles. The Bertz CT molecular complexity index is 821. The van der Waals surface area contributed by atoms with Crippen LogP contribution in [0.3, 0.4) is 0 Å². The van der Waals surface area contributed by atoms with Gasteiger partial charge in [0, 0.05) is 6.54 Å². The van der Waals surface area contributed by atoms with E-state index in [1.54, 1.807) is 23.1 Å². The molecule has 0 saturated heterocycles. The first-order valence-electron chi connectivity index (χ1n) is 7.82. The fourth-order valence-electron chi connectivity index (χ4n) is 2.20. The summed E-state index contributed by atoms with van der Waals surface area (Å²) in [6.45, 7) is 0.511. The van der Waals surface area contributed by atoms with Crippen LogP contribution in [0.4, 0.5) is 4.39 Å². The zero-order valence-corrected chi connectivity index (χ0v) is 14.2. The normalized spacial score (nSPS) is 10.6. The number of aromatic nitrogens is 3. The number of nitrogens with one attached hydrogen (secondary N) is 1. The highest BCUT2D eigenvalue weighted by Gasteiger charge is 2.07. The maximum Gasteiger partial charge on any atom is 0.230 e. The summed E-state index contributed by atoms with van der Waals surface area (Å²) >= 11 is 1.29. The highest BCUT2D eigenvalue weighted by molar-refractivity contribution is 7.99. The van der Waals surface area contributed by atoms with E-state index in [1.807, 2.05) is 30.3 Å². The Morgan fingerprint density at radius 3 is 2.64 bits per heavy atom. The molecule has 0 bridgehead atoms. The van der Waals surface area contributed by atoms with Gasteiger partial charge in [-0.05, 0) is 36.2 Å². The summed E-state index contributed by atoms with van der Waals surface area (Å²) in [6.07, 6.45) is 2.29. The Hall–Kier alpha value is -2.67. The van der Waals surface area contributed by atoms with Crippen LogP contribution in [0.2, 0.25) is 0 Å². The highest BCUT2D eigenvalue weighted by atomic mass is 32.2. The number of nitrogens with zero attached hydrogens (tertiary/aromatic N) is 3. The fraction of sp³-hybridized carbons (Fsp3) is 0.167. The number of thioether (sulfide) groups is 1. The van der Waals surface area contributed by atoms with Gasteiger partial charge in [0.2, 0.25) is 11.1 Å². The number of carbonyl (C=O) groups excluding carboxylic acids is 1. The van der Waals surface area contributed by atoms with Crippen LogP contribution in [-0.4, -0.2) is 33.0 Å². The van der Waals surface area contributed by atoms with Gasteiger partial charge in [0.1, 0.15) is 12.1 Å². The van der Waals surface area contributed by atoms with E-state index in [-0.39, 0.29) is 17.5 Å². The van der Waals surface area contributed by atoms with E-state index in [0.717, 1.165) is 11.3 Å². The molecule has 2 aromatic carbocycles. The summed E-state index contributed by atoms with van der Waals surface area (Å²) in [7, 11) is 0. The summed E-state index contributed by atoms with van der Waals surface area (Å²) in [5.74, 6) is -0.0859. The van der Waals surface area contributed by atoms with Gasteiger partial charge in [0.15, 0.2) is 0 Å². The summed E-state index contributed by atoms with van der Waals surface area (Å²) in [6, 6.07) is 15.9. The van der Waals surface area contributed by atoms with Gasteiger partial charge in [0.05, 0.1) is 11.4 Å². The minimum atomic E-state index is -0.258. The molecule has 1 aromatic heterocycles. The quantitative estimate of drug-likeness (QED) is 0.662. The molecule has 3 aromatic rings. The van der Waals surface area contributed by atoms with Crippen molar-refractivity contribution in [1.29, 1.82) is 0 Å². The van der Waals surface area contributed by atoms with Gasteiger partial charge in [-0.2, -0.15) is 0 Å². The van der Waals surface area contributed by atoms with Crippen LogP contribution < -0.4 is 5.32 Å². The summed E-state index contributed by atoms with van der Waals surface area (Å²) < 4.78 is 14.5. The Morgan fingerprint density at radius 2 is 1.88 bits per heavy atom. The lowest BCUT2D eigenvalue weighted by Gasteiger charge is -2.04. The van der Waals surface area contributed by atoms with E-state index >= 15 is 0 Å². The predicted octanol–water partition coefficient (Wildman–Crippen LogP) is 2.86. The maximum atomic E-state index is 12.8. The second-order valence-corrected chi connectivity index (χ2v) is 6.26. The number of carbonyl (C=O) groups is 1.